The predicted octanol–water partition coefficient (Wildman–Crippen LogP) is 0.811. The van der Waals surface area contributed by atoms with E-state index in [9.17, 15) is 9.59 Å². The summed E-state index contributed by atoms with van der Waals surface area (Å²) in [6, 6.07) is 0. The number of hydrogen-bond acceptors (Lipinski definition) is 2. The molecule has 2 aliphatic rings. The summed E-state index contributed by atoms with van der Waals surface area (Å²) in [6.45, 7) is 3.91. The fourth-order valence-electron chi connectivity index (χ4n) is 2.81. The molecule has 0 radical (unpaired) electrons. The van der Waals surface area contributed by atoms with Crippen LogP contribution in [0.5, 0.6) is 0 Å². The van der Waals surface area contributed by atoms with Gasteiger partial charge in [-0.25, -0.2) is 0 Å². The third-order valence-corrected chi connectivity index (χ3v) is 3.47. The number of nitrogens with one attached hydrogen (secondary N) is 1. The van der Waals surface area contributed by atoms with Gasteiger partial charge in [0, 0.05) is 6.54 Å². The number of amides is 1. The summed E-state index contributed by atoms with van der Waals surface area (Å²) in [7, 11) is 0. The first-order valence-corrected chi connectivity index (χ1v) is 5.45. The maximum atomic E-state index is 11.9. The second-order valence-corrected chi connectivity index (χ2v) is 4.37. The van der Waals surface area contributed by atoms with Crippen LogP contribution in [0.4, 0.5) is 0 Å². The molecule has 2 bridgehead atoms. The number of carboxylic acids is 1. The van der Waals surface area contributed by atoms with Gasteiger partial charge >= 0.3 is 5.97 Å². The third kappa shape index (κ3) is 1.64. The predicted molar refractivity (Wildman–Crippen MR) is 58.6 cm³/mol. The third-order valence-electron chi connectivity index (χ3n) is 3.47. The Morgan fingerprint density at radius 2 is 2.00 bits per heavy atom. The molecule has 1 amide bonds. The van der Waals surface area contributed by atoms with E-state index in [4.69, 9.17) is 5.11 Å². The lowest BCUT2D eigenvalue weighted by Crippen LogP contribution is -2.40. The number of carbonyl (C=O) groups is 2. The number of carboxylic acid groups (broad SMARTS) is 1. The quantitative estimate of drug-likeness (QED) is 0.690. The number of aliphatic carboxylic acids is 1. The molecule has 4 nitrogen and oxygen atoms in total. The normalized spacial score (nSPS) is 35.0. The molecule has 16 heavy (non-hydrogen) atoms. The second kappa shape index (κ2) is 4.12. The monoisotopic (exact) mass is 221 g/mol. The highest BCUT2D eigenvalue weighted by molar-refractivity contribution is 5.86. The molecule has 86 valence electrons. The van der Waals surface area contributed by atoms with Gasteiger partial charge in [-0.3, -0.25) is 9.59 Å². The van der Waals surface area contributed by atoms with E-state index in [1.807, 2.05) is 12.2 Å². The number of allylic oxidation sites excluding steroid dienone is 2. The van der Waals surface area contributed by atoms with Crippen LogP contribution < -0.4 is 5.32 Å². The van der Waals surface area contributed by atoms with E-state index in [2.05, 4.69) is 11.9 Å². The first-order chi connectivity index (χ1) is 7.65. The summed E-state index contributed by atoms with van der Waals surface area (Å²) in [4.78, 5) is 23.0. The van der Waals surface area contributed by atoms with Crippen LogP contribution in [0, 0.1) is 23.7 Å². The zero-order valence-corrected chi connectivity index (χ0v) is 8.93. The van der Waals surface area contributed by atoms with Gasteiger partial charge in [-0.2, -0.15) is 0 Å². The Kier molecular flexibility index (Phi) is 2.81. The van der Waals surface area contributed by atoms with Crippen molar-refractivity contribution in [2.45, 2.75) is 6.42 Å². The van der Waals surface area contributed by atoms with Crippen LogP contribution in [0.15, 0.2) is 24.8 Å². The van der Waals surface area contributed by atoms with Crippen LogP contribution in [-0.4, -0.2) is 23.5 Å². The lowest BCUT2D eigenvalue weighted by atomic mass is 9.82. The van der Waals surface area contributed by atoms with Crippen LogP contribution in [0.3, 0.4) is 0 Å². The van der Waals surface area contributed by atoms with Gasteiger partial charge < -0.3 is 10.4 Å². The van der Waals surface area contributed by atoms with Crippen LogP contribution in [-0.2, 0) is 9.59 Å². The average molecular weight is 221 g/mol. The zero-order valence-electron chi connectivity index (χ0n) is 8.93. The van der Waals surface area contributed by atoms with Crippen molar-refractivity contribution >= 4 is 11.9 Å². The second-order valence-electron chi connectivity index (χ2n) is 4.37. The van der Waals surface area contributed by atoms with E-state index >= 15 is 0 Å². The van der Waals surface area contributed by atoms with Crippen molar-refractivity contribution in [2.75, 3.05) is 6.54 Å². The van der Waals surface area contributed by atoms with E-state index < -0.39 is 17.8 Å². The molecule has 1 saturated carbocycles. The number of carbonyl (C=O) groups excluding carboxylic acids is 1. The molecule has 0 aromatic carbocycles. The Bertz CT molecular complexity index is 361. The van der Waals surface area contributed by atoms with Crippen LogP contribution in [0.2, 0.25) is 0 Å². The molecule has 0 aromatic heterocycles. The fourth-order valence-corrected chi connectivity index (χ4v) is 2.81. The molecule has 1 fully saturated rings. The summed E-state index contributed by atoms with van der Waals surface area (Å²) in [5, 5.41) is 11.8. The maximum Gasteiger partial charge on any atom is 0.307 e. The molecule has 2 N–H and O–H groups in total. The molecule has 0 spiro atoms. The lowest BCUT2D eigenvalue weighted by Gasteiger charge is -2.23. The largest absolute Gasteiger partial charge is 0.481 e. The first-order valence-electron chi connectivity index (χ1n) is 5.45. The topological polar surface area (TPSA) is 66.4 Å². The van der Waals surface area contributed by atoms with E-state index in [1.165, 1.54) is 0 Å². The minimum Gasteiger partial charge on any atom is -0.481 e. The molecule has 0 aliphatic heterocycles. The van der Waals surface area contributed by atoms with Crippen molar-refractivity contribution in [1.29, 1.82) is 0 Å². The highest BCUT2D eigenvalue weighted by Crippen LogP contribution is 2.48. The summed E-state index contributed by atoms with van der Waals surface area (Å²) in [5.74, 6) is -1.87. The van der Waals surface area contributed by atoms with Crippen molar-refractivity contribution in [1.82, 2.24) is 5.32 Å². The Labute approximate surface area is 94.0 Å². The molecule has 2 rings (SSSR count). The Morgan fingerprint density at radius 1 is 1.38 bits per heavy atom. The van der Waals surface area contributed by atoms with Crippen molar-refractivity contribution in [2.24, 2.45) is 23.7 Å². The molecule has 0 heterocycles. The number of hydrogen-bond donors (Lipinski definition) is 2. The molecule has 2 aliphatic carbocycles. The smallest absolute Gasteiger partial charge is 0.307 e. The van der Waals surface area contributed by atoms with Gasteiger partial charge in [-0.05, 0) is 18.3 Å². The maximum absolute atomic E-state index is 11.9. The van der Waals surface area contributed by atoms with Crippen molar-refractivity contribution in [3.8, 4) is 0 Å². The van der Waals surface area contributed by atoms with Gasteiger partial charge in [0.2, 0.25) is 5.91 Å². The molecule has 0 unspecified atom stereocenters. The lowest BCUT2D eigenvalue weighted by molar-refractivity contribution is -0.147. The molecule has 4 atom stereocenters. The van der Waals surface area contributed by atoms with Crippen molar-refractivity contribution in [3.63, 3.8) is 0 Å². The van der Waals surface area contributed by atoms with Gasteiger partial charge in [-0.1, -0.05) is 18.2 Å². The van der Waals surface area contributed by atoms with Crippen LogP contribution in [0.1, 0.15) is 6.42 Å². The Morgan fingerprint density at radius 3 is 2.56 bits per heavy atom. The van der Waals surface area contributed by atoms with Gasteiger partial charge in [0.15, 0.2) is 0 Å². The van der Waals surface area contributed by atoms with Gasteiger partial charge in [0.05, 0.1) is 11.8 Å². The summed E-state index contributed by atoms with van der Waals surface area (Å²) >= 11 is 0. The standard InChI is InChI=1S/C12H15NO3/c1-2-5-13-11(14)9-7-3-4-8(6-7)10(9)12(15)16/h2-4,7-10H,1,5-6H2,(H,13,14)(H,15,16)/t7-,8-,9+,10+/m0/s1. The highest BCUT2D eigenvalue weighted by Gasteiger charge is 2.51. The zero-order chi connectivity index (χ0) is 11.7. The minimum atomic E-state index is -0.865. The van der Waals surface area contributed by atoms with Crippen molar-refractivity contribution < 1.29 is 14.7 Å². The van der Waals surface area contributed by atoms with Gasteiger partial charge in [0.1, 0.15) is 0 Å². The van der Waals surface area contributed by atoms with E-state index in [1.54, 1.807) is 6.08 Å². The summed E-state index contributed by atoms with van der Waals surface area (Å²) < 4.78 is 0. The Hall–Kier alpha value is -1.58. The summed E-state index contributed by atoms with van der Waals surface area (Å²) in [6.07, 6.45) is 6.29. The molecular weight excluding hydrogens is 206 g/mol. The van der Waals surface area contributed by atoms with E-state index in [0.717, 1.165) is 6.42 Å². The van der Waals surface area contributed by atoms with E-state index in [-0.39, 0.29) is 17.7 Å². The van der Waals surface area contributed by atoms with Gasteiger partial charge in [-0.15, -0.1) is 6.58 Å². The SMILES string of the molecule is C=CCNC(=O)[C@H]1[C@H](C(=O)O)[C@H]2C=C[C@H]1C2. The van der Waals surface area contributed by atoms with Crippen LogP contribution >= 0.6 is 0 Å². The minimum absolute atomic E-state index is 0.0296. The fraction of sp³-hybridized carbons (Fsp3) is 0.500. The van der Waals surface area contributed by atoms with E-state index in [0.29, 0.717) is 6.54 Å². The van der Waals surface area contributed by atoms with Crippen molar-refractivity contribution in [3.05, 3.63) is 24.8 Å². The average Bonchev–Trinajstić information content (AvgIpc) is 2.84. The molecule has 0 aromatic rings. The molecular formula is C12H15NO3. The Balaban J connectivity index is 2.13. The molecule has 0 saturated heterocycles. The van der Waals surface area contributed by atoms with Gasteiger partial charge in [0.25, 0.3) is 0 Å². The number of fused-ring (bicyclic) bond motifs is 2. The number of rotatable bonds is 4. The molecule has 4 heteroatoms. The van der Waals surface area contributed by atoms with Crippen LogP contribution in [0.25, 0.3) is 0 Å². The highest BCUT2D eigenvalue weighted by atomic mass is 16.4. The first kappa shape index (κ1) is 10.9. The summed E-state index contributed by atoms with van der Waals surface area (Å²) in [5.41, 5.74) is 0.